The number of nitrogens with one attached hydrogen (secondary N) is 2. The Labute approximate surface area is 125 Å². The smallest absolute Gasteiger partial charge is 0.228 e. The second-order valence-electron chi connectivity index (χ2n) is 4.93. The van der Waals surface area contributed by atoms with Gasteiger partial charge in [-0.05, 0) is 19.3 Å². The van der Waals surface area contributed by atoms with Crippen LogP contribution in [0.4, 0.5) is 0 Å². The van der Waals surface area contributed by atoms with Gasteiger partial charge in [-0.2, -0.15) is 5.10 Å². The van der Waals surface area contributed by atoms with E-state index in [1.807, 2.05) is 12.4 Å². The number of nitrogens with zero attached hydrogens (tertiary/aromatic N) is 2. The highest BCUT2D eigenvalue weighted by molar-refractivity contribution is 5.85. The minimum absolute atomic E-state index is 0. The Hall–Kier alpha value is -0.780. The third kappa shape index (κ3) is 3.22. The van der Waals surface area contributed by atoms with Crippen LogP contribution in [-0.2, 0) is 4.79 Å². The number of likely N-dealkylation sites (tertiary alicyclic amines) is 1. The number of amides is 1. The van der Waals surface area contributed by atoms with E-state index in [1.54, 1.807) is 0 Å². The van der Waals surface area contributed by atoms with Gasteiger partial charge in [0.25, 0.3) is 0 Å². The molecule has 2 aliphatic heterocycles. The number of rotatable bonds is 2. The summed E-state index contributed by atoms with van der Waals surface area (Å²) in [6.07, 6.45) is 7.14. The van der Waals surface area contributed by atoms with E-state index in [0.717, 1.165) is 38.0 Å². The first-order valence-corrected chi connectivity index (χ1v) is 6.36. The second-order valence-corrected chi connectivity index (χ2v) is 4.93. The zero-order chi connectivity index (χ0) is 11.7. The monoisotopic (exact) mass is 306 g/mol. The van der Waals surface area contributed by atoms with Crippen molar-refractivity contribution >= 4 is 30.7 Å². The molecule has 5 nitrogen and oxygen atoms in total. The Morgan fingerprint density at radius 2 is 2.11 bits per heavy atom. The highest BCUT2D eigenvalue weighted by Gasteiger charge is 2.35. The molecule has 1 aromatic rings. The van der Waals surface area contributed by atoms with Crippen molar-refractivity contribution in [1.29, 1.82) is 0 Å². The summed E-state index contributed by atoms with van der Waals surface area (Å²) >= 11 is 0. The van der Waals surface area contributed by atoms with Gasteiger partial charge in [-0.25, -0.2) is 0 Å². The van der Waals surface area contributed by atoms with Crippen LogP contribution in [-0.4, -0.2) is 40.6 Å². The fraction of sp³-hybridized carbons (Fsp3) is 0.667. The number of aromatic nitrogens is 2. The van der Waals surface area contributed by atoms with E-state index < -0.39 is 0 Å². The van der Waals surface area contributed by atoms with Gasteiger partial charge in [0.1, 0.15) is 0 Å². The van der Waals surface area contributed by atoms with E-state index >= 15 is 0 Å². The molecule has 19 heavy (non-hydrogen) atoms. The summed E-state index contributed by atoms with van der Waals surface area (Å²) in [4.78, 5) is 14.4. The normalized spacial score (nSPS) is 22.9. The molecule has 0 bridgehead atoms. The molecule has 1 amide bonds. The van der Waals surface area contributed by atoms with Gasteiger partial charge in [-0.15, -0.1) is 24.8 Å². The molecule has 2 fully saturated rings. The Balaban J connectivity index is 0.000000902. The fourth-order valence-electron chi connectivity index (χ4n) is 2.68. The van der Waals surface area contributed by atoms with Crippen molar-refractivity contribution in [3.05, 3.63) is 18.0 Å². The van der Waals surface area contributed by atoms with Crippen LogP contribution in [0.5, 0.6) is 0 Å². The molecule has 1 unspecified atom stereocenters. The Kier molecular flexibility index (Phi) is 6.10. The second kappa shape index (κ2) is 7.12. The van der Waals surface area contributed by atoms with E-state index in [0.29, 0.717) is 5.91 Å². The molecular weight excluding hydrogens is 287 g/mol. The first-order chi connectivity index (χ1) is 8.36. The van der Waals surface area contributed by atoms with Crippen molar-refractivity contribution in [2.45, 2.75) is 25.3 Å². The molecule has 108 valence electrons. The largest absolute Gasteiger partial charge is 0.335 e. The average Bonchev–Trinajstić information content (AvgIpc) is 2.80. The first kappa shape index (κ1) is 16.3. The standard InChI is InChI=1S/C12H18N4O.2ClH/c17-12(10-5-13-6-10)16-4-2-1-3-11(16)9-7-14-15-8-9;;/h7-8,10-11,13H,1-6H2,(H,14,15);2*1H. The van der Waals surface area contributed by atoms with Crippen LogP contribution < -0.4 is 5.32 Å². The molecule has 1 atom stereocenters. The van der Waals surface area contributed by atoms with Crippen LogP contribution in [0.25, 0.3) is 0 Å². The summed E-state index contributed by atoms with van der Waals surface area (Å²) < 4.78 is 0. The minimum atomic E-state index is 0. The van der Waals surface area contributed by atoms with Crippen molar-refractivity contribution in [3.63, 3.8) is 0 Å². The molecule has 7 heteroatoms. The molecule has 2 saturated heterocycles. The lowest BCUT2D eigenvalue weighted by Gasteiger charge is -2.39. The van der Waals surface area contributed by atoms with Crippen LogP contribution >= 0.6 is 24.8 Å². The molecular formula is C12H20Cl2N4O. The SMILES string of the molecule is Cl.Cl.O=C(C1CNC1)N1CCCCC1c1cn[nH]c1. The van der Waals surface area contributed by atoms with Crippen LogP contribution in [0.2, 0.25) is 0 Å². The molecule has 0 radical (unpaired) electrons. The molecule has 3 rings (SSSR count). The lowest BCUT2D eigenvalue weighted by atomic mass is 9.93. The molecule has 0 aliphatic carbocycles. The number of carbonyl (C=O) groups is 1. The van der Waals surface area contributed by atoms with Gasteiger partial charge in [0, 0.05) is 31.4 Å². The third-order valence-corrected chi connectivity index (χ3v) is 3.82. The number of halogens is 2. The van der Waals surface area contributed by atoms with E-state index in [1.165, 1.54) is 6.42 Å². The maximum Gasteiger partial charge on any atom is 0.228 e. The minimum Gasteiger partial charge on any atom is -0.335 e. The van der Waals surface area contributed by atoms with Crippen LogP contribution in [0.1, 0.15) is 30.9 Å². The summed E-state index contributed by atoms with van der Waals surface area (Å²) in [7, 11) is 0. The van der Waals surface area contributed by atoms with E-state index in [2.05, 4.69) is 20.4 Å². The maximum absolute atomic E-state index is 12.3. The van der Waals surface area contributed by atoms with Crippen molar-refractivity contribution < 1.29 is 4.79 Å². The van der Waals surface area contributed by atoms with Gasteiger partial charge in [-0.3, -0.25) is 9.89 Å². The van der Waals surface area contributed by atoms with E-state index in [-0.39, 0.29) is 36.8 Å². The topological polar surface area (TPSA) is 61.0 Å². The maximum atomic E-state index is 12.3. The Bertz CT molecular complexity index is 394. The average molecular weight is 307 g/mol. The number of aromatic amines is 1. The Morgan fingerprint density at radius 1 is 1.32 bits per heavy atom. The van der Waals surface area contributed by atoms with E-state index in [4.69, 9.17) is 0 Å². The summed E-state index contributed by atoms with van der Waals surface area (Å²) in [5, 5.41) is 10.0. The molecule has 0 spiro atoms. The summed E-state index contributed by atoms with van der Waals surface area (Å²) in [5.41, 5.74) is 1.14. The lowest BCUT2D eigenvalue weighted by Crippen LogP contribution is -2.53. The van der Waals surface area contributed by atoms with Gasteiger partial charge in [0.05, 0.1) is 18.2 Å². The number of hydrogen-bond acceptors (Lipinski definition) is 3. The zero-order valence-corrected chi connectivity index (χ0v) is 12.3. The van der Waals surface area contributed by atoms with Gasteiger partial charge in [-0.1, -0.05) is 0 Å². The molecule has 0 saturated carbocycles. The number of piperidine rings is 1. The fourth-order valence-corrected chi connectivity index (χ4v) is 2.68. The van der Waals surface area contributed by atoms with Gasteiger partial charge < -0.3 is 10.2 Å². The predicted octanol–water partition coefficient (Wildman–Crippen LogP) is 1.53. The van der Waals surface area contributed by atoms with Gasteiger partial charge >= 0.3 is 0 Å². The van der Waals surface area contributed by atoms with E-state index in [9.17, 15) is 4.79 Å². The van der Waals surface area contributed by atoms with Crippen molar-refractivity contribution in [2.24, 2.45) is 5.92 Å². The van der Waals surface area contributed by atoms with Crippen LogP contribution in [0.15, 0.2) is 12.4 Å². The Morgan fingerprint density at radius 3 is 2.68 bits per heavy atom. The predicted molar refractivity (Wildman–Crippen MR) is 77.7 cm³/mol. The summed E-state index contributed by atoms with van der Waals surface area (Å²) in [6.45, 7) is 2.58. The van der Waals surface area contributed by atoms with Gasteiger partial charge in [0.2, 0.25) is 5.91 Å². The molecule has 2 N–H and O–H groups in total. The number of hydrogen-bond donors (Lipinski definition) is 2. The molecule has 3 heterocycles. The van der Waals surface area contributed by atoms with Crippen molar-refractivity contribution in [2.75, 3.05) is 19.6 Å². The zero-order valence-electron chi connectivity index (χ0n) is 10.7. The molecule has 1 aromatic heterocycles. The van der Waals surface area contributed by atoms with Gasteiger partial charge in [0.15, 0.2) is 0 Å². The van der Waals surface area contributed by atoms with Crippen molar-refractivity contribution in [3.8, 4) is 0 Å². The van der Waals surface area contributed by atoms with Crippen LogP contribution in [0.3, 0.4) is 0 Å². The van der Waals surface area contributed by atoms with Crippen LogP contribution in [0, 0.1) is 5.92 Å². The molecule has 0 aromatic carbocycles. The number of carbonyl (C=O) groups excluding carboxylic acids is 1. The number of H-pyrrole nitrogens is 1. The quantitative estimate of drug-likeness (QED) is 0.871. The summed E-state index contributed by atoms with van der Waals surface area (Å²) in [6, 6.07) is 0.232. The summed E-state index contributed by atoms with van der Waals surface area (Å²) in [5.74, 6) is 0.511. The lowest BCUT2D eigenvalue weighted by molar-refractivity contribution is -0.141. The highest BCUT2D eigenvalue weighted by Crippen LogP contribution is 2.31. The highest BCUT2D eigenvalue weighted by atomic mass is 35.5. The molecule has 2 aliphatic rings. The first-order valence-electron chi connectivity index (χ1n) is 6.36. The van der Waals surface area contributed by atoms with Crippen molar-refractivity contribution in [1.82, 2.24) is 20.4 Å². The third-order valence-electron chi connectivity index (χ3n) is 3.82.